The van der Waals surface area contributed by atoms with Crippen LogP contribution < -0.4 is 4.72 Å². The van der Waals surface area contributed by atoms with Gasteiger partial charge >= 0.3 is 0 Å². The molecule has 1 aromatic heterocycles. The van der Waals surface area contributed by atoms with E-state index < -0.39 is 15.9 Å². The topological polar surface area (TPSA) is 98.1 Å². The molecular weight excluding hydrogens is 486 g/mol. The summed E-state index contributed by atoms with van der Waals surface area (Å²) in [6, 6.07) is 14.4. The first-order valence-corrected chi connectivity index (χ1v) is 14.7. The van der Waals surface area contributed by atoms with Crippen LogP contribution in [-0.2, 0) is 34.2 Å². The van der Waals surface area contributed by atoms with Crippen molar-refractivity contribution in [3.05, 3.63) is 71.3 Å². The number of fused-ring (bicyclic) bond motifs is 1. The fourth-order valence-electron chi connectivity index (χ4n) is 4.83. The average Bonchev–Trinajstić information content (AvgIpc) is 3.11. The van der Waals surface area contributed by atoms with Crippen molar-refractivity contribution < 1.29 is 18.0 Å². The van der Waals surface area contributed by atoms with Crippen LogP contribution in [0.25, 0.3) is 11.1 Å². The predicted molar refractivity (Wildman–Crippen MR) is 144 cm³/mol. The highest BCUT2D eigenvalue weighted by Crippen LogP contribution is 2.29. The molecule has 196 valence electrons. The fourth-order valence-corrected chi connectivity index (χ4v) is 6.07. The second kappa shape index (κ2) is 11.9. The van der Waals surface area contributed by atoms with Gasteiger partial charge in [-0.05, 0) is 49.3 Å². The Balaban J connectivity index is 1.61. The number of rotatable bonds is 10. The number of hydrogen-bond donors (Lipinski definition) is 1. The smallest absolute Gasteiger partial charge is 0.264 e. The number of hydrogen-bond acceptors (Lipinski definition) is 5. The van der Waals surface area contributed by atoms with Crippen LogP contribution in [-0.4, -0.2) is 29.7 Å². The maximum absolute atomic E-state index is 13.0. The number of amides is 1. The second-order valence-electron chi connectivity index (χ2n) is 9.62. The van der Waals surface area contributed by atoms with Gasteiger partial charge in [-0.3, -0.25) is 9.59 Å². The average molecular weight is 522 g/mol. The molecule has 0 unspecified atom stereocenters. The Morgan fingerprint density at radius 3 is 2.46 bits per heavy atom. The van der Waals surface area contributed by atoms with Gasteiger partial charge in [-0.1, -0.05) is 62.7 Å². The molecule has 1 heterocycles. The highest BCUT2D eigenvalue weighted by atomic mass is 32.2. The van der Waals surface area contributed by atoms with E-state index in [-0.39, 0.29) is 17.1 Å². The summed E-state index contributed by atoms with van der Waals surface area (Å²) in [6.45, 7) is 4.60. The summed E-state index contributed by atoms with van der Waals surface area (Å²) in [7, 11) is -4.00. The lowest BCUT2D eigenvalue weighted by Gasteiger charge is -2.14. The molecular formula is C29H35N3O4S. The molecule has 0 radical (unpaired) electrons. The lowest BCUT2D eigenvalue weighted by molar-refractivity contribution is -0.119. The minimum absolute atomic E-state index is 0.0726. The number of Topliss-reactive ketones (excluding diaryl/α,β-unsaturated/α-hetero) is 1. The minimum Gasteiger partial charge on any atom is -0.321 e. The molecule has 0 aliphatic heterocycles. The number of nitrogens with zero attached hydrogens (tertiary/aromatic N) is 2. The first-order valence-electron chi connectivity index (χ1n) is 13.2. The van der Waals surface area contributed by atoms with E-state index in [0.29, 0.717) is 24.9 Å². The predicted octanol–water partition coefficient (Wildman–Crippen LogP) is 5.46. The standard InChI is InChI=1S/C29H35N3O4S/c1-3-5-15-28(34)31-37(35,36)26-14-9-6-11-23(26)22-18-16-21(17-19-22)20-32-27(10-4-2)30-24-12-7-8-13-25(33)29(24)32/h6,9,11,14,16-19H,3-5,7-8,10,12-13,15,20H2,1-2H3,(H,31,34). The van der Waals surface area contributed by atoms with Gasteiger partial charge in [0.25, 0.3) is 10.0 Å². The number of carbonyl (C=O) groups excluding carboxylic acids is 2. The van der Waals surface area contributed by atoms with Crippen molar-refractivity contribution in [2.75, 3.05) is 0 Å². The molecule has 1 N–H and O–H groups in total. The first-order chi connectivity index (χ1) is 17.8. The fraction of sp³-hybridized carbons (Fsp3) is 0.414. The molecule has 37 heavy (non-hydrogen) atoms. The van der Waals surface area contributed by atoms with Gasteiger partial charge in [-0.25, -0.2) is 18.1 Å². The van der Waals surface area contributed by atoms with Crippen molar-refractivity contribution in [2.45, 2.75) is 83.1 Å². The van der Waals surface area contributed by atoms with E-state index in [1.807, 2.05) is 31.2 Å². The molecule has 2 aromatic carbocycles. The molecule has 1 aliphatic carbocycles. The van der Waals surface area contributed by atoms with Gasteiger partial charge in [-0.2, -0.15) is 0 Å². The summed E-state index contributed by atoms with van der Waals surface area (Å²) < 4.78 is 30.3. The van der Waals surface area contributed by atoms with Crippen LogP contribution in [0.5, 0.6) is 0 Å². The lowest BCUT2D eigenvalue weighted by atomic mass is 10.0. The van der Waals surface area contributed by atoms with Crippen molar-refractivity contribution >= 4 is 21.7 Å². The number of benzene rings is 2. The Morgan fingerprint density at radius 1 is 1.00 bits per heavy atom. The Bertz CT molecular complexity index is 1370. The van der Waals surface area contributed by atoms with E-state index >= 15 is 0 Å². The van der Waals surface area contributed by atoms with E-state index in [9.17, 15) is 18.0 Å². The summed E-state index contributed by atoms with van der Waals surface area (Å²) >= 11 is 0. The molecule has 0 saturated carbocycles. The molecule has 0 atom stereocenters. The molecule has 8 heteroatoms. The SMILES string of the molecule is CCCCC(=O)NS(=O)(=O)c1ccccc1-c1ccc(Cn2c(CCC)nc3c2C(=O)CCCC3)cc1. The summed E-state index contributed by atoms with van der Waals surface area (Å²) in [5.41, 5.74) is 3.94. The highest BCUT2D eigenvalue weighted by molar-refractivity contribution is 7.90. The molecule has 0 saturated heterocycles. The van der Waals surface area contributed by atoms with Crippen molar-refractivity contribution in [3.63, 3.8) is 0 Å². The van der Waals surface area contributed by atoms with Gasteiger partial charge in [0.05, 0.1) is 10.6 Å². The van der Waals surface area contributed by atoms with Crippen molar-refractivity contribution in [1.29, 1.82) is 0 Å². The normalized spacial score (nSPS) is 13.7. The number of ketones is 1. The van der Waals surface area contributed by atoms with Crippen LogP contribution in [0.15, 0.2) is 53.4 Å². The van der Waals surface area contributed by atoms with Crippen LogP contribution in [0.1, 0.15) is 86.4 Å². The van der Waals surface area contributed by atoms with Gasteiger partial charge in [0.2, 0.25) is 5.91 Å². The number of carbonyl (C=O) groups is 2. The summed E-state index contributed by atoms with van der Waals surface area (Å²) in [6.07, 6.45) is 6.66. The largest absolute Gasteiger partial charge is 0.321 e. The van der Waals surface area contributed by atoms with E-state index in [0.717, 1.165) is 66.9 Å². The van der Waals surface area contributed by atoms with Crippen LogP contribution >= 0.6 is 0 Å². The number of nitrogens with one attached hydrogen (secondary N) is 1. The zero-order chi connectivity index (χ0) is 26.4. The molecule has 1 amide bonds. The van der Waals surface area contributed by atoms with Gasteiger partial charge in [-0.15, -0.1) is 0 Å². The van der Waals surface area contributed by atoms with Gasteiger partial charge < -0.3 is 4.57 Å². The minimum atomic E-state index is -4.00. The third kappa shape index (κ3) is 6.18. The Labute approximate surface area is 219 Å². The number of imidazole rings is 1. The number of aryl methyl sites for hydroxylation is 2. The Morgan fingerprint density at radius 2 is 1.73 bits per heavy atom. The third-order valence-corrected chi connectivity index (χ3v) is 8.14. The van der Waals surface area contributed by atoms with E-state index in [1.54, 1.807) is 18.2 Å². The highest BCUT2D eigenvalue weighted by Gasteiger charge is 2.25. The Kier molecular flexibility index (Phi) is 8.59. The van der Waals surface area contributed by atoms with Crippen molar-refractivity contribution in [3.8, 4) is 11.1 Å². The van der Waals surface area contributed by atoms with Crippen molar-refractivity contribution in [1.82, 2.24) is 14.3 Å². The lowest BCUT2D eigenvalue weighted by Crippen LogP contribution is -2.30. The molecule has 4 rings (SSSR count). The maximum Gasteiger partial charge on any atom is 0.264 e. The van der Waals surface area contributed by atoms with E-state index in [1.165, 1.54) is 6.07 Å². The molecule has 0 fully saturated rings. The molecule has 3 aromatic rings. The van der Waals surface area contributed by atoms with Gasteiger partial charge in [0.1, 0.15) is 11.5 Å². The number of unbranched alkanes of at least 4 members (excludes halogenated alkanes) is 1. The molecule has 0 spiro atoms. The zero-order valence-corrected chi connectivity index (χ0v) is 22.4. The monoisotopic (exact) mass is 521 g/mol. The summed E-state index contributed by atoms with van der Waals surface area (Å²) in [5, 5.41) is 0. The quantitative estimate of drug-likeness (QED) is 0.358. The van der Waals surface area contributed by atoms with Crippen molar-refractivity contribution in [2.24, 2.45) is 0 Å². The first kappa shape index (κ1) is 26.8. The molecule has 7 nitrogen and oxygen atoms in total. The summed E-state index contributed by atoms with van der Waals surface area (Å²) in [5.74, 6) is 0.616. The van der Waals surface area contributed by atoms with Gasteiger partial charge in [0.15, 0.2) is 5.78 Å². The van der Waals surface area contributed by atoms with Crippen LogP contribution in [0.2, 0.25) is 0 Å². The molecule has 1 aliphatic rings. The number of sulfonamides is 1. The van der Waals surface area contributed by atoms with E-state index in [2.05, 4.69) is 16.2 Å². The van der Waals surface area contributed by atoms with E-state index in [4.69, 9.17) is 4.98 Å². The Hall–Kier alpha value is -3.26. The summed E-state index contributed by atoms with van der Waals surface area (Å²) in [4.78, 5) is 29.9. The number of aromatic nitrogens is 2. The van der Waals surface area contributed by atoms with Crippen LogP contribution in [0.3, 0.4) is 0 Å². The van der Waals surface area contributed by atoms with Crippen LogP contribution in [0.4, 0.5) is 0 Å². The zero-order valence-electron chi connectivity index (χ0n) is 21.6. The van der Waals surface area contributed by atoms with Gasteiger partial charge in [0, 0.05) is 31.4 Å². The third-order valence-electron chi connectivity index (χ3n) is 6.71. The molecule has 0 bridgehead atoms. The maximum atomic E-state index is 13.0. The second-order valence-corrected chi connectivity index (χ2v) is 11.3. The van der Waals surface area contributed by atoms with Crippen LogP contribution in [0, 0.1) is 0 Å².